The van der Waals surface area contributed by atoms with E-state index in [2.05, 4.69) is 10.1 Å². The summed E-state index contributed by atoms with van der Waals surface area (Å²) < 4.78 is 42.2. The van der Waals surface area contributed by atoms with E-state index < -0.39 is 11.7 Å². The lowest BCUT2D eigenvalue weighted by Crippen LogP contribution is -2.08. The van der Waals surface area contributed by atoms with E-state index in [9.17, 15) is 13.2 Å². The summed E-state index contributed by atoms with van der Waals surface area (Å²) >= 11 is 0. The molecule has 0 atom stereocenters. The first-order valence-electron chi connectivity index (χ1n) is 7.89. The van der Waals surface area contributed by atoms with Crippen molar-refractivity contribution >= 4 is 11.0 Å². The van der Waals surface area contributed by atoms with Gasteiger partial charge in [0.25, 0.3) is 0 Å². The lowest BCUT2D eigenvalue weighted by molar-refractivity contribution is -0.136. The first-order valence-corrected chi connectivity index (χ1v) is 7.89. The third-order valence-electron chi connectivity index (χ3n) is 4.14. The summed E-state index contributed by atoms with van der Waals surface area (Å²) in [6.45, 7) is 5.92. The van der Waals surface area contributed by atoms with Crippen LogP contribution in [0.15, 0.2) is 30.3 Å². The van der Waals surface area contributed by atoms with Gasteiger partial charge in [0.15, 0.2) is 5.65 Å². The minimum Gasteiger partial charge on any atom is -0.247 e. The Labute approximate surface area is 138 Å². The Morgan fingerprint density at radius 1 is 1.08 bits per heavy atom. The maximum absolute atomic E-state index is 13.6. The molecule has 2 aromatic heterocycles. The van der Waals surface area contributed by atoms with Gasteiger partial charge in [-0.2, -0.15) is 18.3 Å². The molecule has 0 unspecified atom stereocenters. The predicted molar refractivity (Wildman–Crippen MR) is 87.8 cm³/mol. The third-order valence-corrected chi connectivity index (χ3v) is 4.14. The molecule has 126 valence electrons. The highest BCUT2D eigenvalue weighted by molar-refractivity contribution is 5.85. The van der Waals surface area contributed by atoms with Crippen LogP contribution in [-0.4, -0.2) is 14.8 Å². The number of hydrogen-bond acceptors (Lipinski definition) is 2. The number of rotatable bonds is 3. The molecule has 0 radical (unpaired) electrons. The number of hydrogen-bond donors (Lipinski definition) is 0. The minimum atomic E-state index is -4.45. The van der Waals surface area contributed by atoms with Gasteiger partial charge in [-0.1, -0.05) is 31.2 Å². The number of halogens is 3. The third kappa shape index (κ3) is 2.77. The summed E-state index contributed by atoms with van der Waals surface area (Å²) in [6, 6.07) is 8.57. The Balaban J connectivity index is 2.29. The average molecular weight is 333 g/mol. The van der Waals surface area contributed by atoms with Crippen LogP contribution in [0.1, 0.15) is 30.7 Å². The number of pyridine rings is 1. The Kier molecular flexibility index (Phi) is 4.07. The van der Waals surface area contributed by atoms with Gasteiger partial charge in [-0.25, -0.2) is 9.67 Å². The fourth-order valence-electron chi connectivity index (χ4n) is 2.86. The normalized spacial score (nSPS) is 12.1. The second kappa shape index (κ2) is 5.92. The summed E-state index contributed by atoms with van der Waals surface area (Å²) in [4.78, 5) is 4.47. The highest BCUT2D eigenvalue weighted by atomic mass is 19.4. The molecule has 1 aromatic carbocycles. The summed E-state index contributed by atoms with van der Waals surface area (Å²) in [6.07, 6.45) is -3.58. The molecule has 0 saturated carbocycles. The van der Waals surface area contributed by atoms with Crippen LogP contribution in [0.3, 0.4) is 0 Å². The maximum Gasteiger partial charge on any atom is 0.417 e. The van der Waals surface area contributed by atoms with Crippen LogP contribution in [0.25, 0.3) is 22.3 Å². The number of nitrogens with zero attached hydrogens (tertiary/aromatic N) is 3. The Bertz CT molecular complexity index is 877. The Hall–Kier alpha value is -2.37. The molecule has 0 bridgehead atoms. The number of alkyl halides is 3. The second-order valence-corrected chi connectivity index (χ2v) is 5.70. The lowest BCUT2D eigenvalue weighted by atomic mass is 10.0. The van der Waals surface area contributed by atoms with Gasteiger partial charge in [-0.3, -0.25) is 0 Å². The van der Waals surface area contributed by atoms with Gasteiger partial charge in [0, 0.05) is 12.1 Å². The van der Waals surface area contributed by atoms with Crippen LogP contribution in [0.5, 0.6) is 0 Å². The van der Waals surface area contributed by atoms with Crippen molar-refractivity contribution in [1.29, 1.82) is 0 Å². The summed E-state index contributed by atoms with van der Waals surface area (Å²) in [5, 5.41) is 4.28. The first kappa shape index (κ1) is 16.5. The van der Waals surface area contributed by atoms with Gasteiger partial charge >= 0.3 is 6.18 Å². The highest BCUT2D eigenvalue weighted by Crippen LogP contribution is 2.38. The Morgan fingerprint density at radius 2 is 1.75 bits per heavy atom. The molecule has 0 amide bonds. The first-order chi connectivity index (χ1) is 11.3. The molecule has 3 nitrogen and oxygen atoms in total. The standard InChI is InChI=1S/C18H18F3N3/c1-4-12-6-8-13(9-7-12)15-10-14(18(19,20)21)16-11(3)23-24(5-2)17(16)22-15/h6-10H,4-5H2,1-3H3. The van der Waals surface area contributed by atoms with Gasteiger partial charge in [0.2, 0.25) is 0 Å². The van der Waals surface area contributed by atoms with Crippen LogP contribution in [-0.2, 0) is 19.1 Å². The summed E-state index contributed by atoms with van der Waals surface area (Å²) in [5.74, 6) is 0. The molecule has 0 N–H and O–H groups in total. The van der Waals surface area contributed by atoms with Gasteiger partial charge < -0.3 is 0 Å². The SMILES string of the molecule is CCc1ccc(-c2cc(C(F)(F)F)c3c(C)nn(CC)c3n2)cc1. The van der Waals surface area contributed by atoms with E-state index in [-0.39, 0.29) is 11.0 Å². The molecular weight excluding hydrogens is 315 g/mol. The summed E-state index contributed by atoms with van der Waals surface area (Å²) in [7, 11) is 0. The van der Waals surface area contributed by atoms with E-state index in [0.29, 0.717) is 23.5 Å². The molecule has 0 aliphatic carbocycles. The van der Waals surface area contributed by atoms with Crippen LogP contribution >= 0.6 is 0 Å². The van der Waals surface area contributed by atoms with Crippen molar-refractivity contribution in [2.45, 2.75) is 39.9 Å². The van der Waals surface area contributed by atoms with E-state index in [0.717, 1.165) is 18.1 Å². The number of benzene rings is 1. The average Bonchev–Trinajstić information content (AvgIpc) is 2.89. The zero-order valence-corrected chi connectivity index (χ0v) is 13.8. The molecule has 24 heavy (non-hydrogen) atoms. The molecule has 3 aromatic rings. The van der Waals surface area contributed by atoms with Gasteiger partial charge in [0.05, 0.1) is 22.3 Å². The zero-order chi connectivity index (χ0) is 17.5. The zero-order valence-electron chi connectivity index (χ0n) is 13.8. The maximum atomic E-state index is 13.6. The smallest absolute Gasteiger partial charge is 0.247 e. The minimum absolute atomic E-state index is 0.0817. The van der Waals surface area contributed by atoms with Crippen LogP contribution in [0, 0.1) is 6.92 Å². The van der Waals surface area contributed by atoms with Crippen molar-refractivity contribution in [3.63, 3.8) is 0 Å². The second-order valence-electron chi connectivity index (χ2n) is 5.70. The van der Waals surface area contributed by atoms with Gasteiger partial charge in [0.1, 0.15) is 0 Å². The molecule has 0 spiro atoms. The van der Waals surface area contributed by atoms with Crippen molar-refractivity contribution in [2.24, 2.45) is 0 Å². The molecule has 6 heteroatoms. The number of aromatic nitrogens is 3. The highest BCUT2D eigenvalue weighted by Gasteiger charge is 2.35. The Morgan fingerprint density at radius 3 is 2.29 bits per heavy atom. The van der Waals surface area contributed by atoms with E-state index in [1.165, 1.54) is 4.68 Å². The van der Waals surface area contributed by atoms with Crippen LogP contribution < -0.4 is 0 Å². The van der Waals surface area contributed by atoms with Crippen LogP contribution in [0.2, 0.25) is 0 Å². The molecule has 0 fully saturated rings. The lowest BCUT2D eigenvalue weighted by Gasteiger charge is -2.11. The van der Waals surface area contributed by atoms with Crippen molar-refractivity contribution in [1.82, 2.24) is 14.8 Å². The van der Waals surface area contributed by atoms with Crippen molar-refractivity contribution in [2.75, 3.05) is 0 Å². The fraction of sp³-hybridized carbons (Fsp3) is 0.333. The van der Waals surface area contributed by atoms with E-state index in [4.69, 9.17) is 0 Å². The molecule has 3 rings (SSSR count). The van der Waals surface area contributed by atoms with Crippen molar-refractivity contribution < 1.29 is 13.2 Å². The number of fused-ring (bicyclic) bond motifs is 1. The number of aryl methyl sites for hydroxylation is 3. The summed E-state index contributed by atoms with van der Waals surface area (Å²) in [5.41, 5.74) is 2.05. The van der Waals surface area contributed by atoms with Crippen molar-refractivity contribution in [3.05, 3.63) is 47.2 Å². The van der Waals surface area contributed by atoms with E-state index in [1.54, 1.807) is 6.92 Å². The molecular formula is C18H18F3N3. The predicted octanol–water partition coefficient (Wildman–Crippen LogP) is 5.01. The largest absolute Gasteiger partial charge is 0.417 e. The molecule has 0 saturated heterocycles. The monoisotopic (exact) mass is 333 g/mol. The van der Waals surface area contributed by atoms with E-state index in [1.807, 2.05) is 38.1 Å². The van der Waals surface area contributed by atoms with Crippen molar-refractivity contribution in [3.8, 4) is 11.3 Å². The quantitative estimate of drug-likeness (QED) is 0.675. The fourth-order valence-corrected chi connectivity index (χ4v) is 2.86. The molecule has 0 aliphatic rings. The van der Waals surface area contributed by atoms with Gasteiger partial charge in [-0.05, 0) is 31.9 Å². The molecule has 2 heterocycles. The van der Waals surface area contributed by atoms with Crippen LogP contribution in [0.4, 0.5) is 13.2 Å². The van der Waals surface area contributed by atoms with E-state index >= 15 is 0 Å². The topological polar surface area (TPSA) is 30.7 Å². The molecule has 0 aliphatic heterocycles. The van der Waals surface area contributed by atoms with Gasteiger partial charge in [-0.15, -0.1) is 0 Å².